The third kappa shape index (κ3) is 31.5. The van der Waals surface area contributed by atoms with Crippen LogP contribution in [0.1, 0.15) is 139 Å². The van der Waals surface area contributed by atoms with Crippen molar-refractivity contribution in [2.75, 3.05) is 32.3 Å². The fourth-order valence-corrected chi connectivity index (χ4v) is 24.6. The smallest absolute Gasteiger partial charge is 0.303 e. The van der Waals surface area contributed by atoms with Crippen LogP contribution in [0.3, 0.4) is 0 Å². The molecule has 10 aromatic rings. The van der Waals surface area contributed by atoms with Gasteiger partial charge >= 0.3 is 17.9 Å². The molecule has 0 radical (unpaired) electrons. The Balaban J connectivity index is 0.900. The molecule has 0 spiro atoms. The summed E-state index contributed by atoms with van der Waals surface area (Å²) in [5.41, 5.74) is 6.59. The van der Waals surface area contributed by atoms with Crippen molar-refractivity contribution in [1.82, 2.24) is 10.6 Å². The zero-order valence-corrected chi connectivity index (χ0v) is 88.0. The Labute approximate surface area is 879 Å². The van der Waals surface area contributed by atoms with E-state index < -0.39 is 203 Å². The van der Waals surface area contributed by atoms with E-state index in [0.717, 1.165) is 74.1 Å². The molecule has 149 heavy (non-hydrogen) atoms. The van der Waals surface area contributed by atoms with Gasteiger partial charge in [-0.25, -0.2) is 0 Å². The molecular weight excluding hydrogens is 1940 g/mol. The first kappa shape index (κ1) is 112. The van der Waals surface area contributed by atoms with Gasteiger partial charge in [-0.05, 0) is 86.6 Å². The first-order valence-corrected chi connectivity index (χ1v) is 53.9. The van der Waals surface area contributed by atoms with E-state index in [1.165, 1.54) is 34.6 Å². The average Bonchev–Trinajstić information content (AvgIpc) is 0.743. The van der Waals surface area contributed by atoms with Crippen molar-refractivity contribution in [3.8, 4) is 0 Å². The Morgan fingerprint density at radius 3 is 0.940 bits per heavy atom. The molecule has 5 aliphatic rings. The van der Waals surface area contributed by atoms with Crippen LogP contribution in [0.5, 0.6) is 0 Å². The molecule has 29 nitrogen and oxygen atoms in total. The number of hydrogen-bond donors (Lipinski definition) is 2. The number of amides is 2. The molecule has 5 heterocycles. The van der Waals surface area contributed by atoms with Gasteiger partial charge in [0.05, 0.1) is 84.9 Å². The Bertz CT molecular complexity index is 5600. The van der Waals surface area contributed by atoms with E-state index in [9.17, 15) is 19.2 Å². The summed E-state index contributed by atoms with van der Waals surface area (Å²) in [5, 5.41) is 7.23. The quantitative estimate of drug-likeness (QED) is 0.0118. The highest BCUT2D eigenvalue weighted by Crippen LogP contribution is 2.44. The second-order valence-electron chi connectivity index (χ2n) is 39.1. The van der Waals surface area contributed by atoms with Crippen molar-refractivity contribution in [3.63, 3.8) is 0 Å². The lowest BCUT2D eigenvalue weighted by atomic mass is 9.93. The van der Waals surface area contributed by atoms with E-state index in [0.29, 0.717) is 12.3 Å². The van der Waals surface area contributed by atoms with Gasteiger partial charge in [0.15, 0.2) is 49.8 Å². The van der Waals surface area contributed by atoms with Gasteiger partial charge in [-0.3, -0.25) is 24.0 Å². The van der Waals surface area contributed by atoms with Crippen LogP contribution in [0.4, 0.5) is 0 Å². The SMILES string of the molecule is CC(=O)N[C@H]1[C@H](O[C@H]2[C@@H](OC(C)=O)[C@@H](CO[Si](c3ccccc3)(c3ccccc3)C(C)(C)C)O[C@@H](O[C@H]3[C@H](O[C@@H]4O[C@@H](C)[C@@H](OCc5ccccc5)[C@@H](OCc5ccccc5)[C@@H]4OCc4ccccc4)[C@@H](NC(C)=O)[C@H](OCCCCCCCl)O[C@@H]3COCc3ccccc3)[C@@H]2OC(C)=O)O[C@H](COCc2ccccc2)[C@@H](O[C@@H]2O[C@@H](C)[C@@H](OCc3ccccc3)[C@@H](OCc3ccccc3)[C@@H]2OCc2ccccc2)[C@@H]1OC(C)=O. The number of halogens is 1. The molecular formula is C118H141ClN2O27Si. The van der Waals surface area contributed by atoms with Gasteiger partial charge < -0.3 is 115 Å². The molecule has 0 aliphatic carbocycles. The maximum absolute atomic E-state index is 15.1. The third-order valence-corrected chi connectivity index (χ3v) is 32.1. The summed E-state index contributed by atoms with van der Waals surface area (Å²) in [6.45, 7) is 15.7. The molecule has 31 heteroatoms. The molecule has 25 atom stereocenters. The fourth-order valence-electron chi connectivity index (χ4n) is 19.9. The van der Waals surface area contributed by atoms with Crippen molar-refractivity contribution in [3.05, 3.63) is 348 Å². The Kier molecular flexibility index (Phi) is 42.7. The number of esters is 3. The van der Waals surface area contributed by atoms with Crippen LogP contribution in [0.25, 0.3) is 0 Å². The molecule has 0 unspecified atom stereocenters. The molecule has 2 amide bonds. The van der Waals surface area contributed by atoms with Crippen molar-refractivity contribution < 1.29 is 128 Å². The lowest BCUT2D eigenvalue weighted by Crippen LogP contribution is -2.72. The van der Waals surface area contributed by atoms with E-state index in [2.05, 4.69) is 31.4 Å². The molecule has 10 aromatic carbocycles. The number of unbranched alkanes of at least 4 members (excludes halogenated alkanes) is 3. The lowest BCUT2D eigenvalue weighted by Gasteiger charge is -2.53. The number of rotatable bonds is 51. The molecule has 0 bridgehead atoms. The summed E-state index contributed by atoms with van der Waals surface area (Å²) in [7, 11) is -3.76. The molecule has 15 rings (SSSR count). The number of nitrogens with one attached hydrogen (secondary N) is 2. The minimum atomic E-state index is -3.76. The predicted molar refractivity (Wildman–Crippen MR) is 557 cm³/mol. The third-order valence-electron chi connectivity index (χ3n) is 26.8. The highest BCUT2D eigenvalue weighted by atomic mass is 35.5. The predicted octanol–water partition coefficient (Wildman–Crippen LogP) is 16.3. The number of benzene rings is 10. The molecule has 0 saturated carbocycles. The van der Waals surface area contributed by atoms with Gasteiger partial charge in [-0.15, -0.1) is 11.6 Å². The van der Waals surface area contributed by atoms with Gasteiger partial charge in [0, 0.05) is 47.1 Å². The second kappa shape index (κ2) is 56.6. The van der Waals surface area contributed by atoms with Crippen LogP contribution in [0, 0.1) is 0 Å². The highest BCUT2D eigenvalue weighted by Gasteiger charge is 2.63. The van der Waals surface area contributed by atoms with E-state index >= 15 is 4.79 Å². The van der Waals surface area contributed by atoms with Crippen LogP contribution >= 0.6 is 11.6 Å². The van der Waals surface area contributed by atoms with Gasteiger partial charge in [0.25, 0.3) is 8.32 Å². The van der Waals surface area contributed by atoms with E-state index in [-0.39, 0.29) is 72.7 Å². The first-order valence-electron chi connectivity index (χ1n) is 51.5. The maximum atomic E-state index is 15.1. The number of carbonyl (C=O) groups excluding carboxylic acids is 5. The fraction of sp³-hybridized carbons (Fsp3) is 0.449. The van der Waals surface area contributed by atoms with Gasteiger partial charge in [-0.2, -0.15) is 0 Å². The van der Waals surface area contributed by atoms with E-state index in [1.807, 2.05) is 317 Å². The van der Waals surface area contributed by atoms with Crippen LogP contribution in [-0.2, 0) is 181 Å². The Morgan fingerprint density at radius 2 is 0.577 bits per heavy atom. The second-order valence-corrected chi connectivity index (χ2v) is 43.8. The summed E-state index contributed by atoms with van der Waals surface area (Å²) in [6, 6.07) is 93.6. The largest absolute Gasteiger partial charge is 0.457 e. The van der Waals surface area contributed by atoms with Crippen LogP contribution in [-0.4, -0.2) is 224 Å². The summed E-state index contributed by atoms with van der Waals surface area (Å²) in [5.74, 6) is -3.42. The number of alkyl halides is 1. The van der Waals surface area contributed by atoms with Crippen LogP contribution in [0.15, 0.2) is 303 Å². The topological polar surface area (TPSA) is 312 Å². The first-order chi connectivity index (χ1) is 72.4. The van der Waals surface area contributed by atoms with E-state index in [1.54, 1.807) is 0 Å². The van der Waals surface area contributed by atoms with Crippen LogP contribution < -0.4 is 21.0 Å². The van der Waals surface area contributed by atoms with Gasteiger partial charge in [0.2, 0.25) is 11.8 Å². The Hall–Kier alpha value is -10.7. The Morgan fingerprint density at radius 1 is 0.289 bits per heavy atom. The summed E-state index contributed by atoms with van der Waals surface area (Å²) in [4.78, 5) is 74.3. The number of hydrogen-bond acceptors (Lipinski definition) is 27. The van der Waals surface area contributed by atoms with Gasteiger partial charge in [0.1, 0.15) is 91.4 Å². The van der Waals surface area contributed by atoms with Crippen LogP contribution in [0.2, 0.25) is 5.04 Å². The molecule has 5 aliphatic heterocycles. The normalized spacial score (nSPS) is 27.1. The van der Waals surface area contributed by atoms with Gasteiger partial charge in [-0.1, -0.05) is 337 Å². The molecule has 5 saturated heterocycles. The highest BCUT2D eigenvalue weighted by molar-refractivity contribution is 6.99. The minimum absolute atomic E-state index is 0.00316. The van der Waals surface area contributed by atoms with E-state index in [4.69, 9.17) is 116 Å². The maximum Gasteiger partial charge on any atom is 0.303 e. The monoisotopic (exact) mass is 2080 g/mol. The summed E-state index contributed by atoms with van der Waals surface area (Å²) >= 11 is 6.27. The summed E-state index contributed by atoms with van der Waals surface area (Å²) < 4.78 is 160. The molecule has 0 aromatic heterocycles. The van der Waals surface area contributed by atoms with Crippen molar-refractivity contribution >= 4 is 60.0 Å². The molecule has 2 N–H and O–H groups in total. The molecule has 796 valence electrons. The van der Waals surface area contributed by atoms with Crippen molar-refractivity contribution in [2.45, 2.75) is 306 Å². The molecule has 5 fully saturated rings. The number of ether oxygens (including phenoxy) is 21. The average molecular weight is 2080 g/mol. The summed E-state index contributed by atoms with van der Waals surface area (Å²) in [6.07, 6.45) is -29.5. The minimum Gasteiger partial charge on any atom is -0.457 e. The van der Waals surface area contributed by atoms with Crippen molar-refractivity contribution in [2.24, 2.45) is 0 Å². The zero-order valence-electron chi connectivity index (χ0n) is 86.2. The zero-order chi connectivity index (χ0) is 104. The standard InChI is InChI=1S/C118H141ClN2O27Si/c1-78-100(130-69-87-49-27-15-28-50-87)107(132-71-89-53-31-17-32-54-89)110(134-73-91-57-35-19-36-58-91)115(137-78)145-102-96(76-128-68-86-47-25-14-26-48-86)143-114(99(121-81(4)123)105(102)140-83(6)125)148-109-104(139-82(5)124)97(77-136-149(118(8,9)10,93-61-39-21-40-62-93)94-63-41-22-42-64-94)144-117(112(109)141-84(7)126)146-103-95(75-127-67-85-45-23-13-24-46-85)142-113(129-66-44-12-11-43-65-119)98(120-80(3)122)106(103)147-116-111(135-74-92-59-37-20-38-60-92)108(133-72-90-55-33-18-34-56-90)101(79(2)138-116)131-70-88-51-29-16-30-52-88/h13-42,45-64,78-79,95-117H,11-12,43-44,65-77H2,1-10H3,(H,120,122)(H,121,123)/t78-,79-,95+,96+,97+,98+,99+,100+,101+,102+,103+,104-,105+,106+,107+,108+,109-,110-,111-,112+,113+,114-,115-,116-,117-/m0/s1. The number of carbonyl (C=O) groups is 5. The van der Waals surface area contributed by atoms with Crippen molar-refractivity contribution in [1.29, 1.82) is 0 Å². The lowest BCUT2D eigenvalue weighted by molar-refractivity contribution is -0.390.